The van der Waals surface area contributed by atoms with Gasteiger partial charge in [-0.05, 0) is 51.9 Å². The maximum atomic E-state index is 15.1. The van der Waals surface area contributed by atoms with E-state index in [9.17, 15) is 13.6 Å². The van der Waals surface area contributed by atoms with Crippen molar-refractivity contribution in [1.82, 2.24) is 14.4 Å². The van der Waals surface area contributed by atoms with E-state index in [0.29, 0.717) is 61.8 Å². The van der Waals surface area contributed by atoms with Gasteiger partial charge in [0.25, 0.3) is 11.8 Å². The van der Waals surface area contributed by atoms with E-state index < -0.39 is 17.3 Å². The lowest BCUT2D eigenvalue weighted by Crippen LogP contribution is -2.57. The van der Waals surface area contributed by atoms with Crippen LogP contribution < -0.4 is 9.47 Å². The first-order valence-corrected chi connectivity index (χ1v) is 11.6. The average Bonchev–Trinajstić information content (AvgIpc) is 3.14. The van der Waals surface area contributed by atoms with Gasteiger partial charge in [-0.2, -0.15) is 0 Å². The molecule has 1 aromatic heterocycles. The van der Waals surface area contributed by atoms with Crippen molar-refractivity contribution in [2.45, 2.75) is 57.7 Å². The van der Waals surface area contributed by atoms with Gasteiger partial charge in [-0.1, -0.05) is 0 Å². The van der Waals surface area contributed by atoms with E-state index in [-0.39, 0.29) is 17.7 Å². The highest BCUT2D eigenvalue weighted by Crippen LogP contribution is 2.45. The van der Waals surface area contributed by atoms with Crippen molar-refractivity contribution in [2.24, 2.45) is 0 Å². The van der Waals surface area contributed by atoms with Crippen LogP contribution in [0.4, 0.5) is 13.2 Å². The van der Waals surface area contributed by atoms with Crippen molar-refractivity contribution in [2.75, 3.05) is 33.8 Å². The number of piperidine rings is 1. The van der Waals surface area contributed by atoms with Gasteiger partial charge in [-0.3, -0.25) is 9.69 Å². The number of methoxy groups -OCH3 is 1. The Kier molecular flexibility index (Phi) is 6.35. The largest absolute Gasteiger partial charge is 0.493 e. The molecule has 0 unspecified atom stereocenters. The number of hydrogen-bond acceptors (Lipinski definition) is 4. The third-order valence-electron chi connectivity index (χ3n) is 6.98. The van der Waals surface area contributed by atoms with Gasteiger partial charge in [0.2, 0.25) is 0 Å². The zero-order valence-corrected chi connectivity index (χ0v) is 20.3. The highest BCUT2D eigenvalue weighted by Gasteiger charge is 2.48. The van der Waals surface area contributed by atoms with E-state index in [1.165, 1.54) is 11.7 Å². The monoisotopic (exact) mass is 479 g/mol. The Morgan fingerprint density at radius 2 is 1.76 bits per heavy atom. The Bertz CT molecular complexity index is 1070. The first kappa shape index (κ1) is 24.4. The number of hydrogen-bond donors (Lipinski definition) is 0. The van der Waals surface area contributed by atoms with E-state index in [1.54, 1.807) is 23.1 Å². The number of amides is 1. The number of alkyl halides is 2. The summed E-state index contributed by atoms with van der Waals surface area (Å²) >= 11 is 0. The Morgan fingerprint density at radius 3 is 2.35 bits per heavy atom. The summed E-state index contributed by atoms with van der Waals surface area (Å²) in [5.74, 6) is -2.84. The van der Waals surface area contributed by atoms with Crippen molar-refractivity contribution >= 4 is 5.91 Å². The fourth-order valence-electron chi connectivity index (χ4n) is 5.26. The van der Waals surface area contributed by atoms with Gasteiger partial charge in [0.1, 0.15) is 5.82 Å². The Labute approximate surface area is 198 Å². The van der Waals surface area contributed by atoms with E-state index in [1.807, 2.05) is 25.8 Å². The normalized spacial score (nSPS) is 18.3. The van der Waals surface area contributed by atoms with Crippen LogP contribution in [0.2, 0.25) is 0 Å². The molecule has 0 radical (unpaired) electrons. The minimum atomic E-state index is -3.13. The molecule has 2 aliphatic rings. The molecule has 1 aromatic carbocycles. The van der Waals surface area contributed by atoms with Crippen molar-refractivity contribution in [3.8, 4) is 11.5 Å². The minimum absolute atomic E-state index is 0.0336. The molecule has 0 N–H and O–H groups in total. The maximum absolute atomic E-state index is 15.1. The summed E-state index contributed by atoms with van der Waals surface area (Å²) in [6.07, 6.45) is 0.876. The number of likely N-dealkylation sites (N-methyl/N-ethyl adjacent to an activating group) is 1. The molecule has 0 bridgehead atoms. The van der Waals surface area contributed by atoms with Gasteiger partial charge in [0.05, 0.1) is 30.1 Å². The van der Waals surface area contributed by atoms with Gasteiger partial charge < -0.3 is 18.9 Å². The molecule has 0 aliphatic carbocycles. The summed E-state index contributed by atoms with van der Waals surface area (Å²) in [5.41, 5.74) is -0.234. The molecule has 186 valence electrons. The number of likely N-dealkylation sites (tertiary alicyclic amines) is 1. The molecule has 2 aromatic rings. The van der Waals surface area contributed by atoms with Crippen molar-refractivity contribution in [3.63, 3.8) is 0 Å². The van der Waals surface area contributed by atoms with Gasteiger partial charge in [0.15, 0.2) is 11.5 Å². The fraction of sp³-hybridized carbons (Fsp3) is 0.560. The molecule has 4 rings (SSSR count). The molecule has 0 atom stereocenters. The molecule has 3 heterocycles. The summed E-state index contributed by atoms with van der Waals surface area (Å²) in [6.45, 7) is 6.24. The first-order chi connectivity index (χ1) is 16.0. The molecule has 34 heavy (non-hydrogen) atoms. The third kappa shape index (κ3) is 4.15. The number of rotatable bonds is 5. The van der Waals surface area contributed by atoms with Crippen molar-refractivity contribution in [3.05, 3.63) is 47.0 Å². The predicted molar refractivity (Wildman–Crippen MR) is 122 cm³/mol. The van der Waals surface area contributed by atoms with E-state index in [2.05, 4.69) is 0 Å². The number of benzene rings is 1. The minimum Gasteiger partial charge on any atom is -0.493 e. The molecule has 6 nitrogen and oxygen atoms in total. The van der Waals surface area contributed by atoms with E-state index in [4.69, 9.17) is 9.47 Å². The summed E-state index contributed by atoms with van der Waals surface area (Å²) in [6, 6.07) is 6.07. The molecular weight excluding hydrogens is 447 g/mol. The standard InChI is InChI=1S/C25H32F3N3O3/c1-16(2)34-19-7-6-17(14-20(19)33-5)23(32)30-10-8-25(9-11-30)22-18(26)15-21(24(3,27)28)31(22)13-12-29(25)4/h6-7,14-16H,8-13H2,1-5H3. The third-order valence-corrected chi connectivity index (χ3v) is 6.98. The van der Waals surface area contributed by atoms with Gasteiger partial charge >= 0.3 is 0 Å². The second-order valence-corrected chi connectivity index (χ2v) is 9.54. The topological polar surface area (TPSA) is 46.9 Å². The molecule has 1 spiro atoms. The quantitative estimate of drug-likeness (QED) is 0.628. The van der Waals surface area contributed by atoms with Crippen LogP contribution in [0, 0.1) is 5.82 Å². The lowest BCUT2D eigenvalue weighted by molar-refractivity contribution is -0.00781. The van der Waals surface area contributed by atoms with Crippen LogP contribution in [0.15, 0.2) is 24.3 Å². The lowest BCUT2D eigenvalue weighted by Gasteiger charge is -2.50. The fourth-order valence-corrected chi connectivity index (χ4v) is 5.26. The van der Waals surface area contributed by atoms with Crippen LogP contribution in [0.1, 0.15) is 55.4 Å². The van der Waals surface area contributed by atoms with Crippen LogP contribution in [0.5, 0.6) is 11.5 Å². The zero-order valence-electron chi connectivity index (χ0n) is 20.3. The van der Waals surface area contributed by atoms with Gasteiger partial charge in [-0.25, -0.2) is 13.2 Å². The number of nitrogens with zero attached hydrogens (tertiary/aromatic N) is 3. The average molecular weight is 480 g/mol. The van der Waals surface area contributed by atoms with Gasteiger partial charge in [0, 0.05) is 44.7 Å². The van der Waals surface area contributed by atoms with Crippen LogP contribution in [-0.2, 0) is 18.0 Å². The smallest absolute Gasteiger partial charge is 0.285 e. The highest BCUT2D eigenvalue weighted by atomic mass is 19.3. The SMILES string of the molecule is COc1cc(C(=O)N2CCC3(CC2)c2c(F)cc(C(C)(F)F)n2CCN3C)ccc1OC(C)C. The van der Waals surface area contributed by atoms with Crippen LogP contribution in [0.3, 0.4) is 0 Å². The Hall–Kier alpha value is -2.68. The number of carbonyl (C=O) groups excluding carboxylic acids is 1. The molecule has 1 amide bonds. The second-order valence-electron chi connectivity index (χ2n) is 9.54. The van der Waals surface area contributed by atoms with E-state index in [0.717, 1.165) is 13.0 Å². The molecule has 1 fully saturated rings. The van der Waals surface area contributed by atoms with Crippen molar-refractivity contribution in [1.29, 1.82) is 0 Å². The highest BCUT2D eigenvalue weighted by molar-refractivity contribution is 5.95. The van der Waals surface area contributed by atoms with Crippen LogP contribution in [0.25, 0.3) is 0 Å². The number of aromatic nitrogens is 1. The van der Waals surface area contributed by atoms with Crippen LogP contribution >= 0.6 is 0 Å². The zero-order chi connectivity index (χ0) is 24.8. The maximum Gasteiger partial charge on any atom is 0.285 e. The lowest BCUT2D eigenvalue weighted by atomic mass is 9.81. The Balaban J connectivity index is 1.57. The number of fused-ring (bicyclic) bond motifs is 2. The molecular formula is C25H32F3N3O3. The molecule has 0 saturated carbocycles. The Morgan fingerprint density at radius 1 is 1.09 bits per heavy atom. The van der Waals surface area contributed by atoms with E-state index >= 15 is 4.39 Å². The summed E-state index contributed by atoms with van der Waals surface area (Å²) in [7, 11) is 3.42. The predicted octanol–water partition coefficient (Wildman–Crippen LogP) is 4.61. The molecule has 9 heteroatoms. The molecule has 2 aliphatic heterocycles. The molecule has 1 saturated heterocycles. The summed E-state index contributed by atoms with van der Waals surface area (Å²) < 4.78 is 56.0. The summed E-state index contributed by atoms with van der Waals surface area (Å²) in [5, 5.41) is 0. The number of carbonyl (C=O) groups is 1. The first-order valence-electron chi connectivity index (χ1n) is 11.6. The summed E-state index contributed by atoms with van der Waals surface area (Å²) in [4.78, 5) is 17.0. The number of ether oxygens (including phenoxy) is 2. The second kappa shape index (κ2) is 8.83. The van der Waals surface area contributed by atoms with Crippen LogP contribution in [-0.4, -0.2) is 60.2 Å². The van der Waals surface area contributed by atoms with Crippen molar-refractivity contribution < 1.29 is 27.4 Å². The number of halogens is 3. The van der Waals surface area contributed by atoms with Gasteiger partial charge in [-0.15, -0.1) is 0 Å².